The number of hydrogen-bond donors (Lipinski definition) is 1. The first-order valence-corrected chi connectivity index (χ1v) is 7.35. The molecule has 1 atom stereocenters. The average molecular weight is 274 g/mol. The van der Waals surface area contributed by atoms with Crippen LogP contribution in [0.2, 0.25) is 0 Å². The predicted octanol–water partition coefficient (Wildman–Crippen LogP) is 2.04. The molecule has 0 spiro atoms. The van der Waals surface area contributed by atoms with E-state index in [1.54, 1.807) is 0 Å². The number of carbonyl (C=O) groups excluding carboxylic acids is 1. The van der Waals surface area contributed by atoms with Crippen LogP contribution in [0.25, 0.3) is 0 Å². The summed E-state index contributed by atoms with van der Waals surface area (Å²) < 4.78 is 0.124. The second-order valence-corrected chi connectivity index (χ2v) is 7.63. The maximum Gasteiger partial charge on any atom is 0.235 e. The molecule has 1 rings (SSSR count). The fourth-order valence-corrected chi connectivity index (χ4v) is 3.31. The Hall–Kier alpha value is -0.290. The topological polar surface area (TPSA) is 46.3 Å². The number of nitrogens with two attached hydrogens (primary N) is 1. The molecule has 1 unspecified atom stereocenters. The van der Waals surface area contributed by atoms with Gasteiger partial charge in [-0.15, -0.1) is 0 Å². The maximum absolute atomic E-state index is 12.5. The smallest absolute Gasteiger partial charge is 0.235 e. The van der Waals surface area contributed by atoms with Crippen LogP contribution in [-0.2, 0) is 4.79 Å². The van der Waals surface area contributed by atoms with Gasteiger partial charge in [0.1, 0.15) is 0 Å². The minimum atomic E-state index is -0.687. The summed E-state index contributed by atoms with van der Waals surface area (Å²) in [6, 6.07) is 0. The van der Waals surface area contributed by atoms with Crippen molar-refractivity contribution in [2.45, 2.75) is 38.9 Å². The fourth-order valence-electron chi connectivity index (χ4n) is 1.97. The molecule has 0 aromatic carbocycles. The summed E-state index contributed by atoms with van der Waals surface area (Å²) in [6.45, 7) is 9.72. The van der Waals surface area contributed by atoms with Crippen molar-refractivity contribution in [2.24, 2.45) is 11.1 Å². The molecular formula is C12H22N2OS2. The summed E-state index contributed by atoms with van der Waals surface area (Å²) in [6.07, 6.45) is 0.658. The number of hydrogen-bond acceptors (Lipinski definition) is 3. The van der Waals surface area contributed by atoms with E-state index in [-0.39, 0.29) is 10.7 Å². The molecule has 0 aliphatic carbocycles. The molecule has 0 radical (unpaired) electrons. The monoisotopic (exact) mass is 274 g/mol. The molecule has 17 heavy (non-hydrogen) atoms. The zero-order valence-corrected chi connectivity index (χ0v) is 12.7. The molecule has 0 bridgehead atoms. The lowest BCUT2D eigenvalue weighted by molar-refractivity contribution is -0.138. The van der Waals surface area contributed by atoms with Crippen molar-refractivity contribution in [3.8, 4) is 0 Å². The van der Waals surface area contributed by atoms with Crippen LogP contribution in [0.4, 0.5) is 0 Å². The van der Waals surface area contributed by atoms with Crippen molar-refractivity contribution in [1.29, 1.82) is 0 Å². The molecule has 3 nitrogen and oxygen atoms in total. The van der Waals surface area contributed by atoms with Gasteiger partial charge in [0.2, 0.25) is 5.91 Å². The van der Waals surface area contributed by atoms with Crippen LogP contribution in [0.1, 0.15) is 34.1 Å². The highest BCUT2D eigenvalue weighted by Gasteiger charge is 2.40. The Bertz CT molecular complexity index is 330. The van der Waals surface area contributed by atoms with Gasteiger partial charge in [0.25, 0.3) is 0 Å². The SMILES string of the molecule is CCC(C)(C(=O)N1CCSC(C)(C)C1)C(N)=S. The number of thioether (sulfide) groups is 1. The Morgan fingerprint density at radius 1 is 1.59 bits per heavy atom. The number of thiocarbonyl (C=S) groups is 1. The zero-order valence-electron chi connectivity index (χ0n) is 11.1. The first-order valence-electron chi connectivity index (χ1n) is 5.96. The van der Waals surface area contributed by atoms with Gasteiger partial charge in [0, 0.05) is 23.6 Å². The van der Waals surface area contributed by atoms with Gasteiger partial charge in [0.15, 0.2) is 0 Å². The van der Waals surface area contributed by atoms with Crippen LogP contribution in [0.3, 0.4) is 0 Å². The average Bonchev–Trinajstić information content (AvgIpc) is 2.25. The second-order valence-electron chi connectivity index (χ2n) is 5.38. The molecule has 2 N–H and O–H groups in total. The summed E-state index contributed by atoms with van der Waals surface area (Å²) in [5, 5.41) is 0. The van der Waals surface area contributed by atoms with E-state index in [1.165, 1.54) is 0 Å². The fraction of sp³-hybridized carbons (Fsp3) is 0.833. The Labute approximate surface area is 113 Å². The lowest BCUT2D eigenvalue weighted by atomic mass is 9.85. The molecule has 1 saturated heterocycles. The van der Waals surface area contributed by atoms with E-state index in [9.17, 15) is 4.79 Å². The minimum absolute atomic E-state index is 0.0841. The Morgan fingerprint density at radius 2 is 2.18 bits per heavy atom. The van der Waals surface area contributed by atoms with Crippen molar-refractivity contribution >= 4 is 34.9 Å². The van der Waals surface area contributed by atoms with Gasteiger partial charge >= 0.3 is 0 Å². The largest absolute Gasteiger partial charge is 0.392 e. The van der Waals surface area contributed by atoms with Gasteiger partial charge < -0.3 is 10.6 Å². The quantitative estimate of drug-likeness (QED) is 0.800. The van der Waals surface area contributed by atoms with Crippen molar-refractivity contribution in [3.63, 3.8) is 0 Å². The highest BCUT2D eigenvalue weighted by Crippen LogP contribution is 2.33. The summed E-state index contributed by atoms with van der Waals surface area (Å²) in [5.74, 6) is 1.07. The molecule has 0 aromatic rings. The second kappa shape index (κ2) is 5.14. The van der Waals surface area contributed by atoms with Crippen molar-refractivity contribution in [3.05, 3.63) is 0 Å². The van der Waals surface area contributed by atoms with Crippen LogP contribution >= 0.6 is 24.0 Å². The first kappa shape index (κ1) is 14.8. The molecule has 0 aromatic heterocycles. The number of amides is 1. The highest BCUT2D eigenvalue weighted by molar-refractivity contribution is 8.00. The first-order chi connectivity index (χ1) is 7.73. The Morgan fingerprint density at radius 3 is 2.59 bits per heavy atom. The molecule has 1 aliphatic heterocycles. The van der Waals surface area contributed by atoms with Crippen molar-refractivity contribution < 1.29 is 4.79 Å². The predicted molar refractivity (Wildman–Crippen MR) is 78.3 cm³/mol. The standard InChI is InChI=1S/C12H22N2OS2/c1-5-12(4,9(13)16)10(15)14-6-7-17-11(2,3)8-14/h5-8H2,1-4H3,(H2,13,16). The molecule has 0 saturated carbocycles. The van der Waals surface area contributed by atoms with E-state index in [0.29, 0.717) is 11.4 Å². The third-order valence-electron chi connectivity index (χ3n) is 3.44. The van der Waals surface area contributed by atoms with Gasteiger partial charge in [0.05, 0.1) is 10.4 Å². The van der Waals surface area contributed by atoms with Crippen molar-refractivity contribution in [1.82, 2.24) is 4.90 Å². The van der Waals surface area contributed by atoms with Gasteiger partial charge in [-0.2, -0.15) is 11.8 Å². The molecule has 1 aliphatic rings. The molecule has 1 heterocycles. The Balaban J connectivity index is 2.85. The third kappa shape index (κ3) is 3.13. The van der Waals surface area contributed by atoms with E-state index < -0.39 is 5.41 Å². The number of rotatable bonds is 3. The van der Waals surface area contributed by atoms with Gasteiger partial charge in [-0.3, -0.25) is 4.79 Å². The highest BCUT2D eigenvalue weighted by atomic mass is 32.2. The molecule has 5 heteroatoms. The van der Waals surface area contributed by atoms with Crippen LogP contribution in [0.5, 0.6) is 0 Å². The summed E-state index contributed by atoms with van der Waals surface area (Å²) in [4.78, 5) is 14.8. The van der Waals surface area contributed by atoms with Crippen molar-refractivity contribution in [2.75, 3.05) is 18.8 Å². The minimum Gasteiger partial charge on any atom is -0.392 e. The van der Waals surface area contributed by atoms with E-state index in [2.05, 4.69) is 13.8 Å². The van der Waals surface area contributed by atoms with Gasteiger partial charge in [-0.05, 0) is 27.2 Å². The van der Waals surface area contributed by atoms with E-state index >= 15 is 0 Å². The molecular weight excluding hydrogens is 252 g/mol. The molecule has 98 valence electrons. The van der Waals surface area contributed by atoms with E-state index in [4.69, 9.17) is 18.0 Å². The Kier molecular flexibility index (Phi) is 4.47. The van der Waals surface area contributed by atoms with Gasteiger partial charge in [-0.1, -0.05) is 19.1 Å². The van der Waals surface area contributed by atoms with Gasteiger partial charge in [-0.25, -0.2) is 0 Å². The van der Waals surface area contributed by atoms with Crippen LogP contribution < -0.4 is 5.73 Å². The lowest BCUT2D eigenvalue weighted by Crippen LogP contribution is -2.54. The normalized spacial score (nSPS) is 22.9. The van der Waals surface area contributed by atoms with E-state index in [0.717, 1.165) is 18.8 Å². The number of carbonyl (C=O) groups is 1. The maximum atomic E-state index is 12.5. The summed E-state index contributed by atoms with van der Waals surface area (Å²) in [7, 11) is 0. The molecule has 1 fully saturated rings. The van der Waals surface area contributed by atoms with Crippen LogP contribution in [0.15, 0.2) is 0 Å². The third-order valence-corrected chi connectivity index (χ3v) is 5.18. The van der Waals surface area contributed by atoms with Crippen LogP contribution in [-0.4, -0.2) is 39.4 Å². The van der Waals surface area contributed by atoms with E-state index in [1.807, 2.05) is 30.5 Å². The zero-order chi connectivity index (χ0) is 13.3. The summed E-state index contributed by atoms with van der Waals surface area (Å²) in [5.41, 5.74) is 5.05. The lowest BCUT2D eigenvalue weighted by Gasteiger charge is -2.41. The number of nitrogens with zero attached hydrogens (tertiary/aromatic N) is 1. The summed E-state index contributed by atoms with van der Waals surface area (Å²) >= 11 is 6.97. The molecule has 1 amide bonds. The van der Waals surface area contributed by atoms with Crippen LogP contribution in [0, 0.1) is 5.41 Å².